The lowest BCUT2D eigenvalue weighted by atomic mass is 10.0. The highest BCUT2D eigenvalue weighted by Gasteiger charge is 2.06. The van der Waals surface area contributed by atoms with Gasteiger partial charge in [0.15, 0.2) is 0 Å². The lowest BCUT2D eigenvalue weighted by Crippen LogP contribution is -2.20. The molecule has 1 N–H and O–H groups in total. The minimum Gasteiger partial charge on any atom is -0.310 e. The largest absolute Gasteiger partial charge is 0.310 e. The molecule has 0 unspecified atom stereocenters. The molecule has 0 saturated carbocycles. The molecule has 0 aliphatic rings. The zero-order chi connectivity index (χ0) is 10.6. The zero-order valence-corrected chi connectivity index (χ0v) is 9.72. The van der Waals surface area contributed by atoms with Gasteiger partial charge in [0.05, 0.1) is 0 Å². The second-order valence-electron chi connectivity index (χ2n) is 4.04. The van der Waals surface area contributed by atoms with Gasteiger partial charge < -0.3 is 5.32 Å². The van der Waals surface area contributed by atoms with Crippen LogP contribution in [-0.2, 0) is 0 Å². The number of aryl methyl sites for hydroxylation is 2. The third-order valence-corrected chi connectivity index (χ3v) is 2.59. The third kappa shape index (κ3) is 2.85. The van der Waals surface area contributed by atoms with E-state index in [1.54, 1.807) is 0 Å². The van der Waals surface area contributed by atoms with E-state index >= 15 is 0 Å². The molecule has 0 aliphatic carbocycles. The van der Waals surface area contributed by atoms with Crippen LogP contribution >= 0.6 is 0 Å². The maximum Gasteiger partial charge on any atom is 0.0294 e. The highest BCUT2D eigenvalue weighted by Crippen LogP contribution is 2.18. The molecule has 0 spiro atoms. The number of benzene rings is 1. The fraction of sp³-hybridized carbons (Fsp3) is 0.538. The van der Waals surface area contributed by atoms with Crippen molar-refractivity contribution in [2.75, 3.05) is 6.54 Å². The van der Waals surface area contributed by atoms with E-state index in [4.69, 9.17) is 0 Å². The standard InChI is InChI=1S/C13H21N/c1-5-8-14-12(4)13-7-6-10(2)9-11(13)3/h6-7,9,12,14H,5,8H2,1-4H3/t12-/m0/s1. The molecule has 0 bridgehead atoms. The smallest absolute Gasteiger partial charge is 0.0294 e. The fourth-order valence-electron chi connectivity index (χ4n) is 1.78. The predicted molar refractivity (Wildman–Crippen MR) is 62.6 cm³/mol. The first-order valence-corrected chi connectivity index (χ1v) is 5.45. The Morgan fingerprint density at radius 2 is 2.00 bits per heavy atom. The second kappa shape index (κ2) is 5.16. The summed E-state index contributed by atoms with van der Waals surface area (Å²) in [4.78, 5) is 0. The molecule has 0 aromatic heterocycles. The van der Waals surface area contributed by atoms with Crippen molar-refractivity contribution < 1.29 is 0 Å². The molecule has 1 aromatic carbocycles. The quantitative estimate of drug-likeness (QED) is 0.769. The summed E-state index contributed by atoms with van der Waals surface area (Å²) < 4.78 is 0. The topological polar surface area (TPSA) is 12.0 Å². The molecule has 78 valence electrons. The van der Waals surface area contributed by atoms with Crippen molar-refractivity contribution in [1.82, 2.24) is 5.32 Å². The minimum atomic E-state index is 0.468. The maximum absolute atomic E-state index is 3.51. The molecule has 14 heavy (non-hydrogen) atoms. The van der Waals surface area contributed by atoms with Gasteiger partial charge in [0.2, 0.25) is 0 Å². The third-order valence-electron chi connectivity index (χ3n) is 2.59. The van der Waals surface area contributed by atoms with Crippen LogP contribution < -0.4 is 5.32 Å². The van der Waals surface area contributed by atoms with Crippen molar-refractivity contribution in [2.24, 2.45) is 0 Å². The Labute approximate surface area is 87.5 Å². The van der Waals surface area contributed by atoms with Crippen LogP contribution in [0.15, 0.2) is 18.2 Å². The normalized spacial score (nSPS) is 12.9. The average molecular weight is 191 g/mol. The van der Waals surface area contributed by atoms with Crippen molar-refractivity contribution in [2.45, 2.75) is 40.2 Å². The predicted octanol–water partition coefficient (Wildman–Crippen LogP) is 3.36. The van der Waals surface area contributed by atoms with Gasteiger partial charge in [-0.05, 0) is 44.9 Å². The summed E-state index contributed by atoms with van der Waals surface area (Å²) in [6.07, 6.45) is 1.19. The van der Waals surface area contributed by atoms with Crippen molar-refractivity contribution in [3.63, 3.8) is 0 Å². The van der Waals surface area contributed by atoms with Crippen LogP contribution in [0.4, 0.5) is 0 Å². The molecule has 1 aromatic rings. The second-order valence-corrected chi connectivity index (χ2v) is 4.04. The van der Waals surface area contributed by atoms with Crippen LogP contribution in [0.2, 0.25) is 0 Å². The molecular weight excluding hydrogens is 170 g/mol. The molecule has 0 fully saturated rings. The first-order chi connectivity index (χ1) is 6.65. The Bertz CT molecular complexity index is 291. The van der Waals surface area contributed by atoms with Gasteiger partial charge in [-0.25, -0.2) is 0 Å². The van der Waals surface area contributed by atoms with Gasteiger partial charge in [0, 0.05) is 6.04 Å². The van der Waals surface area contributed by atoms with Gasteiger partial charge in [-0.15, -0.1) is 0 Å². The lowest BCUT2D eigenvalue weighted by Gasteiger charge is -2.16. The molecule has 1 nitrogen and oxygen atoms in total. The van der Waals surface area contributed by atoms with E-state index in [0.717, 1.165) is 6.54 Å². The maximum atomic E-state index is 3.51. The van der Waals surface area contributed by atoms with Gasteiger partial charge >= 0.3 is 0 Å². The number of hydrogen-bond donors (Lipinski definition) is 1. The van der Waals surface area contributed by atoms with Crippen LogP contribution in [0.1, 0.15) is 43.0 Å². The Hall–Kier alpha value is -0.820. The molecule has 1 rings (SSSR count). The van der Waals surface area contributed by atoms with Crippen LogP contribution in [0.3, 0.4) is 0 Å². The zero-order valence-electron chi connectivity index (χ0n) is 9.72. The molecular formula is C13H21N. The van der Waals surface area contributed by atoms with Gasteiger partial charge in [-0.2, -0.15) is 0 Å². The molecule has 0 radical (unpaired) electrons. The van der Waals surface area contributed by atoms with E-state index in [2.05, 4.69) is 51.2 Å². The monoisotopic (exact) mass is 191 g/mol. The van der Waals surface area contributed by atoms with Crippen molar-refractivity contribution in [1.29, 1.82) is 0 Å². The van der Waals surface area contributed by atoms with Gasteiger partial charge in [0.1, 0.15) is 0 Å². The highest BCUT2D eigenvalue weighted by molar-refractivity contribution is 5.32. The Morgan fingerprint density at radius 3 is 2.57 bits per heavy atom. The molecule has 1 atom stereocenters. The molecule has 0 amide bonds. The number of hydrogen-bond acceptors (Lipinski definition) is 1. The first kappa shape index (κ1) is 11.3. The Kier molecular flexibility index (Phi) is 4.15. The first-order valence-electron chi connectivity index (χ1n) is 5.45. The van der Waals surface area contributed by atoms with Crippen LogP contribution in [-0.4, -0.2) is 6.54 Å². The summed E-state index contributed by atoms with van der Waals surface area (Å²) >= 11 is 0. The van der Waals surface area contributed by atoms with Crippen molar-refractivity contribution in [3.05, 3.63) is 34.9 Å². The van der Waals surface area contributed by atoms with Gasteiger partial charge in [0.25, 0.3) is 0 Å². The van der Waals surface area contributed by atoms with E-state index in [1.807, 2.05) is 0 Å². The number of nitrogens with one attached hydrogen (secondary N) is 1. The van der Waals surface area contributed by atoms with Crippen molar-refractivity contribution in [3.8, 4) is 0 Å². The van der Waals surface area contributed by atoms with Crippen LogP contribution in [0.5, 0.6) is 0 Å². The van der Waals surface area contributed by atoms with E-state index in [1.165, 1.54) is 23.1 Å². The van der Waals surface area contributed by atoms with Gasteiger partial charge in [-0.3, -0.25) is 0 Å². The summed E-state index contributed by atoms with van der Waals surface area (Å²) in [5.74, 6) is 0. The minimum absolute atomic E-state index is 0.468. The van der Waals surface area contributed by atoms with E-state index in [9.17, 15) is 0 Å². The molecule has 0 saturated heterocycles. The fourth-order valence-corrected chi connectivity index (χ4v) is 1.78. The lowest BCUT2D eigenvalue weighted by molar-refractivity contribution is 0.568. The van der Waals surface area contributed by atoms with Crippen LogP contribution in [0.25, 0.3) is 0 Å². The van der Waals surface area contributed by atoms with E-state index in [-0.39, 0.29) is 0 Å². The van der Waals surface area contributed by atoms with Crippen LogP contribution in [0, 0.1) is 13.8 Å². The summed E-state index contributed by atoms with van der Waals surface area (Å²) in [5, 5.41) is 3.51. The summed E-state index contributed by atoms with van der Waals surface area (Å²) in [7, 11) is 0. The summed E-state index contributed by atoms with van der Waals surface area (Å²) in [5.41, 5.74) is 4.15. The summed E-state index contributed by atoms with van der Waals surface area (Å²) in [6, 6.07) is 7.14. The van der Waals surface area contributed by atoms with E-state index < -0.39 is 0 Å². The molecule has 0 heterocycles. The molecule has 1 heteroatoms. The van der Waals surface area contributed by atoms with Crippen molar-refractivity contribution >= 4 is 0 Å². The number of rotatable bonds is 4. The summed E-state index contributed by atoms with van der Waals surface area (Å²) in [6.45, 7) is 9.84. The Balaban J connectivity index is 2.74. The SMILES string of the molecule is CCCN[C@@H](C)c1ccc(C)cc1C. The van der Waals surface area contributed by atoms with Gasteiger partial charge in [-0.1, -0.05) is 30.7 Å². The highest BCUT2D eigenvalue weighted by atomic mass is 14.9. The van der Waals surface area contributed by atoms with E-state index in [0.29, 0.717) is 6.04 Å². The Morgan fingerprint density at radius 1 is 1.29 bits per heavy atom. The molecule has 0 aliphatic heterocycles. The average Bonchev–Trinajstić information content (AvgIpc) is 2.14.